The molecule has 1 aromatic carbocycles. The van der Waals surface area contributed by atoms with E-state index in [9.17, 15) is 26.3 Å². The van der Waals surface area contributed by atoms with Gasteiger partial charge in [-0.3, -0.25) is 0 Å². The van der Waals surface area contributed by atoms with Crippen molar-refractivity contribution >= 4 is 17.5 Å². The lowest BCUT2D eigenvalue weighted by Gasteiger charge is -2.16. The summed E-state index contributed by atoms with van der Waals surface area (Å²) < 4.78 is 78.0. The van der Waals surface area contributed by atoms with Crippen LogP contribution in [0.1, 0.15) is 17.7 Å². The first-order chi connectivity index (χ1) is 12.1. The third-order valence-electron chi connectivity index (χ3n) is 3.13. The summed E-state index contributed by atoms with van der Waals surface area (Å²) in [6.07, 6.45) is -9.26. The van der Waals surface area contributed by atoms with Crippen molar-refractivity contribution in [1.82, 2.24) is 9.97 Å². The minimum atomic E-state index is -4.81. The highest BCUT2D eigenvalue weighted by atomic mass is 19.4. The van der Waals surface area contributed by atoms with Crippen LogP contribution >= 0.6 is 0 Å². The largest absolute Gasteiger partial charge is 0.433 e. The molecular weight excluding hydrogens is 366 g/mol. The van der Waals surface area contributed by atoms with Crippen LogP contribution in [0.5, 0.6) is 0 Å². The van der Waals surface area contributed by atoms with Crippen molar-refractivity contribution < 1.29 is 31.4 Å². The first-order valence-electron chi connectivity index (χ1n) is 7.35. The number of alkyl halides is 6. The molecule has 0 saturated carbocycles. The lowest BCUT2D eigenvalue weighted by Crippen LogP contribution is -2.15. The molecule has 26 heavy (non-hydrogen) atoms. The van der Waals surface area contributed by atoms with Gasteiger partial charge in [-0.25, -0.2) is 4.98 Å². The van der Waals surface area contributed by atoms with Gasteiger partial charge >= 0.3 is 12.4 Å². The number of rotatable bonds is 6. The van der Waals surface area contributed by atoms with Crippen LogP contribution in [0.25, 0.3) is 0 Å². The molecule has 142 valence electrons. The monoisotopic (exact) mass is 380 g/mol. The Morgan fingerprint density at radius 1 is 0.962 bits per heavy atom. The fourth-order valence-electron chi connectivity index (χ4n) is 1.99. The molecule has 1 aromatic heterocycles. The quantitative estimate of drug-likeness (QED) is 0.521. The second-order valence-electron chi connectivity index (χ2n) is 5.13. The predicted molar refractivity (Wildman–Crippen MR) is 82.0 cm³/mol. The second-order valence-corrected chi connectivity index (χ2v) is 5.13. The number of para-hydroxylation sites is 1. The van der Waals surface area contributed by atoms with Gasteiger partial charge < -0.3 is 15.7 Å². The molecule has 0 fully saturated rings. The highest BCUT2D eigenvalue weighted by Gasteiger charge is 2.35. The fourth-order valence-corrected chi connectivity index (χ4v) is 1.99. The molecule has 0 saturated heterocycles. The lowest BCUT2D eigenvalue weighted by atomic mass is 10.1. The molecule has 0 unspecified atom stereocenters. The van der Waals surface area contributed by atoms with E-state index in [2.05, 4.69) is 20.6 Å². The Bertz CT molecular complexity index is 748. The van der Waals surface area contributed by atoms with E-state index in [0.29, 0.717) is 6.07 Å². The lowest BCUT2D eigenvalue weighted by molar-refractivity contribution is -0.141. The minimum Gasteiger partial charge on any atom is -0.396 e. The third kappa shape index (κ3) is 5.22. The maximum absolute atomic E-state index is 13.0. The van der Waals surface area contributed by atoms with Crippen LogP contribution in [0.2, 0.25) is 0 Å². The van der Waals surface area contributed by atoms with Crippen LogP contribution < -0.4 is 10.6 Å². The van der Waals surface area contributed by atoms with Gasteiger partial charge in [0.1, 0.15) is 5.82 Å². The van der Waals surface area contributed by atoms with Gasteiger partial charge in [0.05, 0.1) is 11.3 Å². The summed E-state index contributed by atoms with van der Waals surface area (Å²) in [5, 5.41) is 13.5. The van der Waals surface area contributed by atoms with Gasteiger partial charge in [0, 0.05) is 19.2 Å². The summed E-state index contributed by atoms with van der Waals surface area (Å²) >= 11 is 0. The van der Waals surface area contributed by atoms with E-state index >= 15 is 0 Å². The van der Waals surface area contributed by atoms with Crippen LogP contribution in [0.4, 0.5) is 43.8 Å². The normalized spacial score (nSPS) is 12.1. The van der Waals surface area contributed by atoms with Gasteiger partial charge in [-0.15, -0.1) is 0 Å². The van der Waals surface area contributed by atoms with E-state index in [4.69, 9.17) is 5.11 Å². The number of anilines is 3. The number of benzene rings is 1. The molecule has 2 aromatic rings. The zero-order valence-electron chi connectivity index (χ0n) is 13.1. The van der Waals surface area contributed by atoms with E-state index in [1.807, 2.05) is 0 Å². The van der Waals surface area contributed by atoms with Gasteiger partial charge in [-0.1, -0.05) is 12.1 Å². The van der Waals surface area contributed by atoms with Crippen LogP contribution in [0.15, 0.2) is 30.3 Å². The maximum atomic E-state index is 13.0. The summed E-state index contributed by atoms with van der Waals surface area (Å²) in [6, 6.07) is 4.87. The molecule has 5 nitrogen and oxygen atoms in total. The van der Waals surface area contributed by atoms with Crippen LogP contribution in [-0.2, 0) is 12.4 Å². The first kappa shape index (κ1) is 19.8. The molecular formula is C15H14F6N4O. The van der Waals surface area contributed by atoms with Crippen molar-refractivity contribution in [2.45, 2.75) is 18.8 Å². The zero-order chi connectivity index (χ0) is 19.4. The Labute approximate surface area is 144 Å². The topological polar surface area (TPSA) is 70.1 Å². The smallest absolute Gasteiger partial charge is 0.396 e. The molecule has 0 bridgehead atoms. The molecule has 3 N–H and O–H groups in total. The van der Waals surface area contributed by atoms with Crippen molar-refractivity contribution in [3.8, 4) is 0 Å². The number of hydrogen-bond acceptors (Lipinski definition) is 5. The second kappa shape index (κ2) is 7.77. The molecule has 11 heteroatoms. The summed E-state index contributed by atoms with van der Waals surface area (Å²) in [4.78, 5) is 7.05. The van der Waals surface area contributed by atoms with Crippen molar-refractivity contribution in [3.05, 3.63) is 41.6 Å². The molecule has 0 spiro atoms. The van der Waals surface area contributed by atoms with Crippen molar-refractivity contribution in [2.75, 3.05) is 23.8 Å². The van der Waals surface area contributed by atoms with Crippen LogP contribution in [0.3, 0.4) is 0 Å². The third-order valence-corrected chi connectivity index (χ3v) is 3.13. The number of nitrogens with zero attached hydrogens (tertiary/aromatic N) is 2. The maximum Gasteiger partial charge on any atom is 0.433 e. The molecule has 2 rings (SSSR count). The molecule has 0 aliphatic rings. The number of hydrogen-bond donors (Lipinski definition) is 3. The van der Waals surface area contributed by atoms with Gasteiger partial charge in [0.2, 0.25) is 5.95 Å². The van der Waals surface area contributed by atoms with Crippen molar-refractivity contribution in [2.24, 2.45) is 0 Å². The molecule has 0 radical (unpaired) electrons. The Kier molecular flexibility index (Phi) is 5.90. The fraction of sp³-hybridized carbons (Fsp3) is 0.333. The summed E-state index contributed by atoms with van der Waals surface area (Å²) in [5.41, 5.74) is -2.79. The van der Waals surface area contributed by atoms with E-state index in [-0.39, 0.29) is 19.6 Å². The molecule has 0 aliphatic carbocycles. The Balaban J connectivity index is 2.38. The van der Waals surface area contributed by atoms with Gasteiger partial charge in [0.25, 0.3) is 0 Å². The Morgan fingerprint density at radius 2 is 1.65 bits per heavy atom. The van der Waals surface area contributed by atoms with Crippen LogP contribution in [-0.4, -0.2) is 28.2 Å². The van der Waals surface area contributed by atoms with E-state index in [1.165, 1.54) is 6.07 Å². The first-order valence-corrected chi connectivity index (χ1v) is 7.35. The number of halogens is 6. The minimum absolute atomic E-state index is 0.0936. The van der Waals surface area contributed by atoms with E-state index in [0.717, 1.165) is 18.2 Å². The molecule has 0 aliphatic heterocycles. The number of nitrogens with one attached hydrogen (secondary N) is 2. The summed E-state index contributed by atoms with van der Waals surface area (Å²) in [5.74, 6) is -0.865. The van der Waals surface area contributed by atoms with E-state index in [1.54, 1.807) is 0 Å². The highest BCUT2D eigenvalue weighted by Crippen LogP contribution is 2.36. The molecule has 1 heterocycles. The Morgan fingerprint density at radius 3 is 2.27 bits per heavy atom. The number of aliphatic hydroxyl groups excluding tert-OH is 1. The predicted octanol–water partition coefficient (Wildman–Crippen LogP) is 4.05. The zero-order valence-corrected chi connectivity index (χ0v) is 13.1. The van der Waals surface area contributed by atoms with E-state index < -0.39 is 41.1 Å². The van der Waals surface area contributed by atoms with Gasteiger partial charge in [-0.05, 0) is 18.6 Å². The van der Waals surface area contributed by atoms with Gasteiger partial charge in [-0.2, -0.15) is 31.3 Å². The molecule has 0 amide bonds. The van der Waals surface area contributed by atoms with Crippen molar-refractivity contribution in [3.63, 3.8) is 0 Å². The van der Waals surface area contributed by atoms with Gasteiger partial charge in [0.15, 0.2) is 5.69 Å². The average Bonchev–Trinajstić information content (AvgIpc) is 2.53. The van der Waals surface area contributed by atoms with Crippen LogP contribution in [0, 0.1) is 0 Å². The molecule has 0 atom stereocenters. The van der Waals surface area contributed by atoms with Crippen molar-refractivity contribution in [1.29, 1.82) is 0 Å². The number of aliphatic hydroxyl groups is 1. The number of aromatic nitrogens is 2. The average molecular weight is 380 g/mol. The summed E-state index contributed by atoms with van der Waals surface area (Å²) in [6.45, 7) is -0.105. The SMILES string of the molecule is OCCCNc1nc(Nc2ccccc2C(F)(F)F)cc(C(F)(F)F)n1. The highest BCUT2D eigenvalue weighted by molar-refractivity contribution is 5.62. The summed E-state index contributed by atoms with van der Waals surface area (Å²) in [7, 11) is 0. The standard InChI is InChI=1S/C15H14F6N4O/c16-14(17,18)9-4-1-2-5-10(9)23-12-8-11(15(19,20)21)24-13(25-12)22-6-3-7-26/h1-2,4-5,8,26H,3,6-7H2,(H2,22,23,24,25). The Hall–Kier alpha value is -2.56.